The Balaban J connectivity index is 1.46. The molecule has 0 spiro atoms. The number of nitrogens with one attached hydrogen (secondary N) is 1. The second-order valence-electron chi connectivity index (χ2n) is 7.21. The molecule has 0 fully saturated rings. The minimum Gasteiger partial charge on any atom is -0.487 e. The predicted octanol–water partition coefficient (Wildman–Crippen LogP) is 2.64. The summed E-state index contributed by atoms with van der Waals surface area (Å²) >= 11 is 0. The van der Waals surface area contributed by atoms with Crippen LogP contribution in [0.25, 0.3) is 0 Å². The zero-order valence-corrected chi connectivity index (χ0v) is 16.5. The fourth-order valence-corrected chi connectivity index (χ4v) is 3.50. The lowest BCUT2D eigenvalue weighted by Gasteiger charge is -2.35. The fourth-order valence-electron chi connectivity index (χ4n) is 3.50. The summed E-state index contributed by atoms with van der Waals surface area (Å²) in [6.45, 7) is 4.86. The Kier molecular flexibility index (Phi) is 7.14. The van der Waals surface area contributed by atoms with Crippen molar-refractivity contribution >= 4 is 11.4 Å². The van der Waals surface area contributed by atoms with Gasteiger partial charge in [0.05, 0.1) is 12.2 Å². The molecular weight excluding hydrogens is 356 g/mol. The predicted molar refractivity (Wildman–Crippen MR) is 111 cm³/mol. The maximum atomic E-state index is 9.26. The van der Waals surface area contributed by atoms with E-state index in [9.17, 15) is 10.2 Å². The number of methoxy groups -OCH3 is 1. The number of fused-ring (bicyclic) bond motifs is 1. The van der Waals surface area contributed by atoms with Gasteiger partial charge in [-0.2, -0.15) is 0 Å². The smallest absolute Gasteiger partial charge is 0.178 e. The van der Waals surface area contributed by atoms with Gasteiger partial charge in [-0.15, -0.1) is 0 Å². The van der Waals surface area contributed by atoms with Crippen LogP contribution in [0.2, 0.25) is 0 Å². The molecule has 3 N–H and O–H groups in total. The lowest BCUT2D eigenvalue weighted by atomic mass is 10.1. The highest BCUT2D eigenvalue weighted by molar-refractivity contribution is 5.60. The number of anilines is 2. The Bertz CT molecular complexity index is 736. The molecule has 1 aliphatic heterocycles. The van der Waals surface area contributed by atoms with Crippen molar-refractivity contribution < 1.29 is 19.7 Å². The van der Waals surface area contributed by atoms with Crippen molar-refractivity contribution in [1.29, 1.82) is 0 Å². The molecule has 0 saturated heterocycles. The van der Waals surface area contributed by atoms with Crippen LogP contribution in [0.15, 0.2) is 48.5 Å². The van der Waals surface area contributed by atoms with E-state index >= 15 is 0 Å². The normalized spacial score (nSPS) is 17.2. The summed E-state index contributed by atoms with van der Waals surface area (Å²) < 4.78 is 11.0. The summed E-state index contributed by atoms with van der Waals surface area (Å²) in [6, 6.07) is 16.2. The van der Waals surface area contributed by atoms with Crippen molar-refractivity contribution in [3.63, 3.8) is 0 Å². The highest BCUT2D eigenvalue weighted by Crippen LogP contribution is 2.32. The molecule has 0 amide bonds. The molecule has 0 aromatic heterocycles. The van der Waals surface area contributed by atoms with Crippen LogP contribution < -0.4 is 15.0 Å². The van der Waals surface area contributed by atoms with Crippen molar-refractivity contribution in [2.75, 3.05) is 37.0 Å². The van der Waals surface area contributed by atoms with Crippen LogP contribution in [0.1, 0.15) is 18.9 Å². The molecule has 2 aromatic carbocycles. The summed E-state index contributed by atoms with van der Waals surface area (Å²) in [7, 11) is 1.48. The van der Waals surface area contributed by atoms with Crippen molar-refractivity contribution in [2.24, 2.45) is 0 Å². The first kappa shape index (κ1) is 20.5. The maximum Gasteiger partial charge on any atom is 0.178 e. The standard InChI is InChI=1S/C22H30N2O4/c1-16-15-24(19-6-3-4-7-20(19)28-16)13-5-12-23-18-10-8-17(9-11-18)14-21(27-2)22(25)26/h3-4,6-11,16,21-23,25-26H,5,12-15H2,1-2H3/t16?,21-/m0/s1. The zero-order valence-electron chi connectivity index (χ0n) is 16.5. The number of benzene rings is 2. The number of hydrogen-bond acceptors (Lipinski definition) is 6. The van der Waals surface area contributed by atoms with Crippen LogP contribution in [0, 0.1) is 0 Å². The largest absolute Gasteiger partial charge is 0.487 e. The summed E-state index contributed by atoms with van der Waals surface area (Å²) in [5, 5.41) is 22.0. The van der Waals surface area contributed by atoms with E-state index in [0.717, 1.165) is 43.1 Å². The van der Waals surface area contributed by atoms with Crippen LogP contribution in [0.5, 0.6) is 5.75 Å². The molecule has 0 bridgehead atoms. The second-order valence-corrected chi connectivity index (χ2v) is 7.21. The van der Waals surface area contributed by atoms with Gasteiger partial charge in [0.2, 0.25) is 0 Å². The first-order valence-electron chi connectivity index (χ1n) is 9.79. The van der Waals surface area contributed by atoms with Gasteiger partial charge in [0.1, 0.15) is 18.0 Å². The number of para-hydroxylation sites is 2. The third-order valence-electron chi connectivity index (χ3n) is 4.97. The Labute approximate surface area is 166 Å². The number of rotatable bonds is 9. The third kappa shape index (κ3) is 5.38. The van der Waals surface area contributed by atoms with Crippen molar-refractivity contribution in [3.05, 3.63) is 54.1 Å². The van der Waals surface area contributed by atoms with Crippen LogP contribution in [0.3, 0.4) is 0 Å². The molecule has 152 valence electrons. The zero-order chi connectivity index (χ0) is 19.9. The Morgan fingerprint density at radius 2 is 1.93 bits per heavy atom. The summed E-state index contributed by atoms with van der Waals surface area (Å²) in [6.07, 6.45) is -0.411. The first-order valence-corrected chi connectivity index (χ1v) is 9.79. The van der Waals surface area contributed by atoms with E-state index < -0.39 is 12.4 Å². The number of nitrogens with zero attached hydrogens (tertiary/aromatic N) is 1. The van der Waals surface area contributed by atoms with Gasteiger partial charge < -0.3 is 29.9 Å². The van der Waals surface area contributed by atoms with Gasteiger partial charge >= 0.3 is 0 Å². The minimum absolute atomic E-state index is 0.198. The molecule has 28 heavy (non-hydrogen) atoms. The maximum absolute atomic E-state index is 9.26. The van der Waals surface area contributed by atoms with Gasteiger partial charge in [-0.25, -0.2) is 0 Å². The average molecular weight is 386 g/mol. The molecule has 6 nitrogen and oxygen atoms in total. The van der Waals surface area contributed by atoms with Crippen LogP contribution in [-0.4, -0.2) is 55.5 Å². The van der Waals surface area contributed by atoms with E-state index in [-0.39, 0.29) is 6.10 Å². The first-order chi connectivity index (χ1) is 13.6. The molecule has 1 heterocycles. The quantitative estimate of drug-likeness (QED) is 0.455. The summed E-state index contributed by atoms with van der Waals surface area (Å²) in [4.78, 5) is 2.39. The second kappa shape index (κ2) is 9.78. The fraction of sp³-hybridized carbons (Fsp3) is 0.455. The third-order valence-corrected chi connectivity index (χ3v) is 4.97. The molecular formula is C22H30N2O4. The monoisotopic (exact) mass is 386 g/mol. The topological polar surface area (TPSA) is 74.2 Å². The van der Waals surface area contributed by atoms with Gasteiger partial charge in [0.15, 0.2) is 6.29 Å². The van der Waals surface area contributed by atoms with E-state index in [2.05, 4.69) is 29.3 Å². The molecule has 0 aliphatic carbocycles. The Morgan fingerprint density at radius 1 is 1.18 bits per heavy atom. The Morgan fingerprint density at radius 3 is 2.64 bits per heavy atom. The SMILES string of the molecule is CO[C@@H](Cc1ccc(NCCCN2CC(C)Oc3ccccc32)cc1)C(O)O. The van der Waals surface area contributed by atoms with Crippen molar-refractivity contribution in [2.45, 2.75) is 38.3 Å². The van der Waals surface area contributed by atoms with Crippen LogP contribution in [0.4, 0.5) is 11.4 Å². The number of aliphatic hydroxyl groups excluding tert-OH is 1. The molecule has 1 aliphatic rings. The molecule has 6 heteroatoms. The van der Waals surface area contributed by atoms with Crippen molar-refractivity contribution in [1.82, 2.24) is 0 Å². The average Bonchev–Trinajstić information content (AvgIpc) is 2.70. The lowest BCUT2D eigenvalue weighted by molar-refractivity contribution is -0.133. The van der Waals surface area contributed by atoms with Crippen molar-refractivity contribution in [3.8, 4) is 5.75 Å². The van der Waals surface area contributed by atoms with Gasteiger partial charge in [0, 0.05) is 32.3 Å². The van der Waals surface area contributed by atoms with E-state index in [1.807, 2.05) is 36.4 Å². The van der Waals surface area contributed by atoms with Gasteiger partial charge in [-0.05, 0) is 43.2 Å². The molecule has 1 unspecified atom stereocenters. The van der Waals surface area contributed by atoms with Crippen LogP contribution >= 0.6 is 0 Å². The molecule has 2 aromatic rings. The number of aliphatic hydroxyl groups is 2. The van der Waals surface area contributed by atoms with E-state index in [1.165, 1.54) is 12.8 Å². The summed E-state index contributed by atoms with van der Waals surface area (Å²) in [5.41, 5.74) is 3.23. The van der Waals surface area contributed by atoms with E-state index in [4.69, 9.17) is 9.47 Å². The van der Waals surface area contributed by atoms with Gasteiger partial charge in [-0.3, -0.25) is 0 Å². The lowest BCUT2D eigenvalue weighted by Crippen LogP contribution is -2.39. The highest BCUT2D eigenvalue weighted by Gasteiger charge is 2.21. The molecule has 0 radical (unpaired) electrons. The molecule has 2 atom stereocenters. The summed E-state index contributed by atoms with van der Waals surface area (Å²) in [5.74, 6) is 0.965. The molecule has 3 rings (SSSR count). The van der Waals surface area contributed by atoms with Crippen LogP contribution in [-0.2, 0) is 11.2 Å². The highest BCUT2D eigenvalue weighted by atomic mass is 16.5. The Hall–Kier alpha value is -2.28. The number of hydrogen-bond donors (Lipinski definition) is 3. The molecule has 0 saturated carbocycles. The van der Waals surface area contributed by atoms with Gasteiger partial charge in [-0.1, -0.05) is 24.3 Å². The minimum atomic E-state index is -1.48. The van der Waals surface area contributed by atoms with Gasteiger partial charge in [0.25, 0.3) is 0 Å². The number of ether oxygens (including phenoxy) is 2. The van der Waals surface area contributed by atoms with E-state index in [1.54, 1.807) is 0 Å². The van der Waals surface area contributed by atoms with E-state index in [0.29, 0.717) is 6.42 Å².